The van der Waals surface area contributed by atoms with E-state index in [1.807, 2.05) is 29.8 Å². The third-order valence-electron chi connectivity index (χ3n) is 2.48. The highest BCUT2D eigenvalue weighted by Crippen LogP contribution is 2.22. The van der Waals surface area contributed by atoms with Gasteiger partial charge in [-0.05, 0) is 17.7 Å². The molecule has 0 saturated carbocycles. The molecule has 2 aromatic rings. The highest BCUT2D eigenvalue weighted by atomic mass is 16.4. The van der Waals surface area contributed by atoms with E-state index >= 15 is 0 Å². The minimum Gasteiger partial charge on any atom is -0.478 e. The predicted octanol–water partition coefficient (Wildman–Crippen LogP) is 2.52. The van der Waals surface area contributed by atoms with Crippen LogP contribution in [0.4, 0.5) is 0 Å². The Bertz CT molecular complexity index is 552. The lowest BCUT2D eigenvalue weighted by Gasteiger charge is -1.97. The molecule has 0 unspecified atom stereocenters. The Balaban J connectivity index is 2.82. The lowest BCUT2D eigenvalue weighted by Crippen LogP contribution is -1.93. The fourth-order valence-electron chi connectivity index (χ4n) is 1.71. The average Bonchev–Trinajstić information content (AvgIpc) is 2.56. The zero-order valence-corrected chi connectivity index (χ0v) is 8.40. The number of aryl methyl sites for hydroxylation is 1. The molecule has 0 spiro atoms. The number of benzene rings is 1. The Morgan fingerprint density at radius 2 is 2.27 bits per heavy atom. The number of rotatable bonds is 2. The van der Waals surface area contributed by atoms with Gasteiger partial charge in [-0.2, -0.15) is 0 Å². The van der Waals surface area contributed by atoms with Crippen LogP contribution >= 0.6 is 0 Å². The van der Waals surface area contributed by atoms with Crippen LogP contribution in [0.25, 0.3) is 17.0 Å². The first-order valence-corrected chi connectivity index (χ1v) is 4.58. The fourth-order valence-corrected chi connectivity index (χ4v) is 1.71. The van der Waals surface area contributed by atoms with Crippen LogP contribution in [-0.4, -0.2) is 15.6 Å². The molecule has 1 aromatic carbocycles. The van der Waals surface area contributed by atoms with Crippen LogP contribution in [0.5, 0.6) is 0 Å². The second kappa shape index (κ2) is 3.28. The summed E-state index contributed by atoms with van der Waals surface area (Å²) in [7, 11) is 1.84. The van der Waals surface area contributed by atoms with E-state index in [1.165, 1.54) is 0 Å². The summed E-state index contributed by atoms with van der Waals surface area (Å²) in [4.78, 5) is 11.0. The van der Waals surface area contributed by atoms with Gasteiger partial charge in [0.25, 0.3) is 0 Å². The summed E-state index contributed by atoms with van der Waals surface area (Å²) in [6.45, 7) is 3.66. The molecule has 0 aliphatic rings. The van der Waals surface area contributed by atoms with Crippen LogP contribution in [0.2, 0.25) is 0 Å². The molecule has 0 fully saturated rings. The van der Waals surface area contributed by atoms with Gasteiger partial charge in [0.2, 0.25) is 0 Å². The smallest absolute Gasteiger partial charge is 0.337 e. The topological polar surface area (TPSA) is 42.2 Å². The number of hydrogen-bond acceptors (Lipinski definition) is 1. The van der Waals surface area contributed by atoms with Crippen molar-refractivity contribution in [3.63, 3.8) is 0 Å². The molecule has 1 heterocycles. The lowest BCUT2D eigenvalue weighted by molar-refractivity contribution is 0.0699. The molecule has 15 heavy (non-hydrogen) atoms. The van der Waals surface area contributed by atoms with E-state index < -0.39 is 5.97 Å². The van der Waals surface area contributed by atoms with Gasteiger partial charge in [0.05, 0.1) is 5.56 Å². The molecule has 76 valence electrons. The summed E-state index contributed by atoms with van der Waals surface area (Å²) in [5.41, 5.74) is 2.17. The van der Waals surface area contributed by atoms with Crippen LogP contribution in [-0.2, 0) is 7.05 Å². The fraction of sp³-hybridized carbons (Fsp3) is 0.0833. The van der Waals surface area contributed by atoms with Gasteiger partial charge in [-0.25, -0.2) is 4.79 Å². The Kier molecular flexibility index (Phi) is 2.08. The Labute approximate surface area is 87.3 Å². The van der Waals surface area contributed by atoms with Crippen molar-refractivity contribution in [3.8, 4) is 0 Å². The number of nitrogens with zero attached hydrogens (tertiary/aromatic N) is 1. The highest BCUT2D eigenvalue weighted by molar-refractivity contribution is 6.04. The zero-order valence-electron chi connectivity index (χ0n) is 8.40. The number of aromatic nitrogens is 1. The maximum Gasteiger partial charge on any atom is 0.337 e. The van der Waals surface area contributed by atoms with Crippen LogP contribution in [0.15, 0.2) is 31.0 Å². The van der Waals surface area contributed by atoms with Crippen molar-refractivity contribution >= 4 is 22.9 Å². The number of carboxylic acids is 1. The van der Waals surface area contributed by atoms with Gasteiger partial charge in [-0.1, -0.05) is 18.7 Å². The van der Waals surface area contributed by atoms with E-state index in [1.54, 1.807) is 12.3 Å². The Morgan fingerprint density at radius 1 is 1.53 bits per heavy atom. The summed E-state index contributed by atoms with van der Waals surface area (Å²) in [5, 5.41) is 9.77. The van der Waals surface area contributed by atoms with Crippen LogP contribution in [0.1, 0.15) is 15.9 Å². The van der Waals surface area contributed by atoms with Crippen molar-refractivity contribution in [2.45, 2.75) is 0 Å². The van der Waals surface area contributed by atoms with Gasteiger partial charge in [0.1, 0.15) is 0 Å². The Morgan fingerprint density at radius 3 is 2.87 bits per heavy atom. The van der Waals surface area contributed by atoms with Crippen molar-refractivity contribution in [3.05, 3.63) is 42.1 Å². The monoisotopic (exact) mass is 201 g/mol. The minimum atomic E-state index is -0.901. The first-order valence-electron chi connectivity index (χ1n) is 4.58. The van der Waals surface area contributed by atoms with E-state index in [2.05, 4.69) is 6.58 Å². The maximum absolute atomic E-state index is 11.0. The van der Waals surface area contributed by atoms with Crippen molar-refractivity contribution in [1.29, 1.82) is 0 Å². The molecular weight excluding hydrogens is 190 g/mol. The van der Waals surface area contributed by atoms with Gasteiger partial charge < -0.3 is 9.67 Å². The Hall–Kier alpha value is -2.03. The quantitative estimate of drug-likeness (QED) is 0.811. The SMILES string of the molecule is C=Cc1ccc2c(c1)c(C(=O)O)cn2C. The molecule has 0 atom stereocenters. The van der Waals surface area contributed by atoms with E-state index in [9.17, 15) is 4.79 Å². The summed E-state index contributed by atoms with van der Waals surface area (Å²) in [5.74, 6) is -0.901. The van der Waals surface area contributed by atoms with E-state index in [0.29, 0.717) is 5.56 Å². The molecule has 0 aliphatic carbocycles. The van der Waals surface area contributed by atoms with Crippen molar-refractivity contribution in [1.82, 2.24) is 4.57 Å². The van der Waals surface area contributed by atoms with Gasteiger partial charge in [0.15, 0.2) is 0 Å². The number of hydrogen-bond donors (Lipinski definition) is 1. The van der Waals surface area contributed by atoms with Crippen molar-refractivity contribution in [2.24, 2.45) is 7.05 Å². The first-order chi connectivity index (χ1) is 7.13. The van der Waals surface area contributed by atoms with E-state index in [4.69, 9.17) is 5.11 Å². The predicted molar refractivity (Wildman–Crippen MR) is 60.0 cm³/mol. The standard InChI is InChI=1S/C12H11NO2/c1-3-8-4-5-11-9(6-8)10(12(14)15)7-13(11)2/h3-7H,1H2,2H3,(H,14,15). The number of carbonyl (C=O) groups is 1. The maximum atomic E-state index is 11.0. The third-order valence-corrected chi connectivity index (χ3v) is 2.48. The molecule has 0 amide bonds. The molecule has 2 rings (SSSR count). The lowest BCUT2D eigenvalue weighted by atomic mass is 10.1. The molecule has 0 bridgehead atoms. The van der Waals surface area contributed by atoms with E-state index in [-0.39, 0.29) is 0 Å². The van der Waals surface area contributed by atoms with Crippen LogP contribution in [0, 0.1) is 0 Å². The molecule has 0 radical (unpaired) electrons. The molecule has 0 aliphatic heterocycles. The van der Waals surface area contributed by atoms with Crippen LogP contribution < -0.4 is 0 Å². The van der Waals surface area contributed by atoms with Crippen LogP contribution in [0.3, 0.4) is 0 Å². The summed E-state index contributed by atoms with van der Waals surface area (Å²) in [6, 6.07) is 5.66. The third kappa shape index (κ3) is 1.42. The highest BCUT2D eigenvalue weighted by Gasteiger charge is 2.12. The van der Waals surface area contributed by atoms with Gasteiger partial charge in [0, 0.05) is 24.1 Å². The minimum absolute atomic E-state index is 0.330. The molecular formula is C12H11NO2. The first kappa shape index (κ1) is 9.52. The molecule has 1 aromatic heterocycles. The van der Waals surface area contributed by atoms with Gasteiger partial charge in [-0.3, -0.25) is 0 Å². The van der Waals surface area contributed by atoms with E-state index in [0.717, 1.165) is 16.5 Å². The second-order valence-corrected chi connectivity index (χ2v) is 3.44. The zero-order chi connectivity index (χ0) is 11.0. The second-order valence-electron chi connectivity index (χ2n) is 3.44. The normalized spacial score (nSPS) is 10.5. The summed E-state index contributed by atoms with van der Waals surface area (Å²) < 4.78 is 1.81. The molecule has 1 N–H and O–H groups in total. The molecule has 0 saturated heterocycles. The average molecular weight is 201 g/mol. The van der Waals surface area contributed by atoms with Gasteiger partial charge in [-0.15, -0.1) is 0 Å². The molecule has 3 heteroatoms. The summed E-state index contributed by atoms with van der Waals surface area (Å²) in [6.07, 6.45) is 3.33. The van der Waals surface area contributed by atoms with Gasteiger partial charge >= 0.3 is 5.97 Å². The van der Waals surface area contributed by atoms with Crippen molar-refractivity contribution < 1.29 is 9.90 Å². The molecule has 3 nitrogen and oxygen atoms in total. The number of carboxylic acid groups (broad SMARTS) is 1. The largest absolute Gasteiger partial charge is 0.478 e. The number of fused-ring (bicyclic) bond motifs is 1. The van der Waals surface area contributed by atoms with Crippen molar-refractivity contribution in [2.75, 3.05) is 0 Å². The summed E-state index contributed by atoms with van der Waals surface area (Å²) >= 11 is 0. The number of aromatic carboxylic acids is 1.